The van der Waals surface area contributed by atoms with Gasteiger partial charge in [-0.25, -0.2) is 0 Å². The van der Waals surface area contributed by atoms with Gasteiger partial charge in [-0.2, -0.15) is 9.61 Å². The van der Waals surface area contributed by atoms with Crippen LogP contribution in [0.15, 0.2) is 85.2 Å². The van der Waals surface area contributed by atoms with Crippen molar-refractivity contribution in [2.75, 3.05) is 18.5 Å². The molecular weight excluding hydrogens is 444 g/mol. The summed E-state index contributed by atoms with van der Waals surface area (Å²) in [4.78, 5) is 16.6. The molecule has 0 atom stereocenters. The lowest BCUT2D eigenvalue weighted by atomic mass is 10.1. The van der Waals surface area contributed by atoms with Crippen LogP contribution >= 0.6 is 0 Å². The van der Waals surface area contributed by atoms with Crippen molar-refractivity contribution in [2.45, 2.75) is 6.92 Å². The minimum Gasteiger partial charge on any atom is -0.490 e. The molecule has 1 N–H and O–H groups in total. The van der Waals surface area contributed by atoms with Crippen molar-refractivity contribution < 1.29 is 14.3 Å². The zero-order chi connectivity index (χ0) is 24.0. The fraction of sp³-hybridized carbons (Fsp3) is 0.115. The molecule has 0 saturated heterocycles. The van der Waals surface area contributed by atoms with Crippen LogP contribution in [0.4, 0.5) is 5.69 Å². The first kappa shape index (κ1) is 22.0. The molecule has 5 aromatic rings. The molecule has 0 spiro atoms. The van der Waals surface area contributed by atoms with Crippen molar-refractivity contribution in [1.82, 2.24) is 24.8 Å². The number of fused-ring (bicyclic) bond motifs is 1. The Labute approximate surface area is 201 Å². The fourth-order valence-corrected chi connectivity index (χ4v) is 3.56. The number of rotatable bonds is 8. The number of aromatic nitrogens is 5. The predicted octanol–water partition coefficient (Wildman–Crippen LogP) is 4.27. The van der Waals surface area contributed by atoms with E-state index in [1.807, 2.05) is 67.6 Å². The van der Waals surface area contributed by atoms with Crippen LogP contribution in [0.3, 0.4) is 0 Å². The van der Waals surface area contributed by atoms with Crippen molar-refractivity contribution in [1.29, 1.82) is 0 Å². The number of nitrogens with one attached hydrogen (secondary N) is 1. The van der Waals surface area contributed by atoms with Crippen molar-refractivity contribution in [3.8, 4) is 34.1 Å². The SMILES string of the molecule is CCOc1ccccc1OCC(=O)Nc1cccc(-c2ccc3nnc(-c4ccncc4)n3n2)c1. The van der Waals surface area contributed by atoms with Gasteiger partial charge in [0.2, 0.25) is 0 Å². The first-order valence-electron chi connectivity index (χ1n) is 11.1. The van der Waals surface area contributed by atoms with Crippen LogP contribution in [-0.4, -0.2) is 43.9 Å². The van der Waals surface area contributed by atoms with Gasteiger partial charge in [0.25, 0.3) is 5.91 Å². The highest BCUT2D eigenvalue weighted by molar-refractivity contribution is 5.92. The molecule has 1 amide bonds. The maximum atomic E-state index is 12.5. The summed E-state index contributed by atoms with van der Waals surface area (Å²) in [5, 5.41) is 16.1. The quantitative estimate of drug-likeness (QED) is 0.364. The molecule has 0 aliphatic heterocycles. The molecule has 3 aromatic heterocycles. The highest BCUT2D eigenvalue weighted by atomic mass is 16.5. The smallest absolute Gasteiger partial charge is 0.262 e. The first-order chi connectivity index (χ1) is 17.2. The van der Waals surface area contributed by atoms with Gasteiger partial charge in [-0.05, 0) is 55.5 Å². The van der Waals surface area contributed by atoms with Gasteiger partial charge in [-0.15, -0.1) is 10.2 Å². The Morgan fingerprint density at radius 3 is 2.49 bits per heavy atom. The molecule has 0 unspecified atom stereocenters. The Hall–Kier alpha value is -4.79. The number of benzene rings is 2. The molecule has 0 aliphatic carbocycles. The summed E-state index contributed by atoms with van der Waals surface area (Å²) in [6, 6.07) is 22.2. The lowest BCUT2D eigenvalue weighted by Crippen LogP contribution is -2.20. The zero-order valence-corrected chi connectivity index (χ0v) is 19.0. The van der Waals surface area contributed by atoms with E-state index in [4.69, 9.17) is 14.6 Å². The molecule has 9 nitrogen and oxygen atoms in total. The Morgan fingerprint density at radius 2 is 1.69 bits per heavy atom. The van der Waals surface area contributed by atoms with E-state index in [1.54, 1.807) is 29.0 Å². The molecule has 0 aliphatic rings. The molecule has 5 rings (SSSR count). The van der Waals surface area contributed by atoms with Gasteiger partial charge >= 0.3 is 0 Å². The molecule has 2 aromatic carbocycles. The average Bonchev–Trinajstić information content (AvgIpc) is 3.32. The van der Waals surface area contributed by atoms with Gasteiger partial charge in [0.15, 0.2) is 29.6 Å². The number of hydrogen-bond acceptors (Lipinski definition) is 7. The van der Waals surface area contributed by atoms with Crippen molar-refractivity contribution in [3.05, 3.63) is 85.2 Å². The first-order valence-corrected chi connectivity index (χ1v) is 11.1. The van der Waals surface area contributed by atoms with Gasteiger partial charge < -0.3 is 14.8 Å². The summed E-state index contributed by atoms with van der Waals surface area (Å²) in [5.74, 6) is 1.47. The monoisotopic (exact) mass is 466 g/mol. The molecule has 0 saturated carbocycles. The van der Waals surface area contributed by atoms with Gasteiger partial charge in [0, 0.05) is 29.2 Å². The van der Waals surface area contributed by atoms with Crippen molar-refractivity contribution in [3.63, 3.8) is 0 Å². The van der Waals surface area contributed by atoms with E-state index >= 15 is 0 Å². The van der Waals surface area contributed by atoms with Crippen molar-refractivity contribution >= 4 is 17.2 Å². The second-order valence-electron chi connectivity index (χ2n) is 7.55. The summed E-state index contributed by atoms with van der Waals surface area (Å²) in [5.41, 5.74) is 3.68. The highest BCUT2D eigenvalue weighted by Crippen LogP contribution is 2.27. The molecule has 35 heavy (non-hydrogen) atoms. The van der Waals surface area contributed by atoms with E-state index in [9.17, 15) is 4.79 Å². The van der Waals surface area contributed by atoms with E-state index in [0.29, 0.717) is 41.0 Å². The van der Waals surface area contributed by atoms with Crippen LogP contribution < -0.4 is 14.8 Å². The minimum atomic E-state index is -0.282. The lowest BCUT2D eigenvalue weighted by molar-refractivity contribution is -0.118. The summed E-state index contributed by atoms with van der Waals surface area (Å²) >= 11 is 0. The molecule has 0 bridgehead atoms. The normalized spacial score (nSPS) is 10.8. The third kappa shape index (κ3) is 4.93. The number of ether oxygens (including phenoxy) is 2. The van der Waals surface area contributed by atoms with Gasteiger partial charge in [-0.3, -0.25) is 9.78 Å². The molecule has 3 heterocycles. The van der Waals surface area contributed by atoms with Crippen molar-refractivity contribution in [2.24, 2.45) is 0 Å². The topological polar surface area (TPSA) is 104 Å². The standard InChI is InChI=1S/C26H22N6O3/c1-2-34-22-8-3-4-9-23(22)35-17-25(33)28-20-7-5-6-19(16-20)21-10-11-24-29-30-26(32(24)31-21)18-12-14-27-15-13-18/h3-16H,2,17H2,1H3,(H,28,33). The summed E-state index contributed by atoms with van der Waals surface area (Å²) < 4.78 is 12.9. The van der Waals surface area contributed by atoms with Gasteiger partial charge in [-0.1, -0.05) is 24.3 Å². The summed E-state index contributed by atoms with van der Waals surface area (Å²) in [6.45, 7) is 2.26. The maximum absolute atomic E-state index is 12.5. The number of nitrogens with zero attached hydrogens (tertiary/aromatic N) is 5. The van der Waals surface area contributed by atoms with Crippen LogP contribution in [0.5, 0.6) is 11.5 Å². The van der Waals surface area contributed by atoms with Crippen LogP contribution in [0.1, 0.15) is 6.92 Å². The Bertz CT molecular complexity index is 1470. The Morgan fingerprint density at radius 1 is 0.886 bits per heavy atom. The third-order valence-electron chi connectivity index (χ3n) is 5.15. The molecule has 174 valence electrons. The number of carbonyl (C=O) groups is 1. The van der Waals surface area contributed by atoms with Crippen LogP contribution in [0.25, 0.3) is 28.3 Å². The van der Waals surface area contributed by atoms with Gasteiger partial charge in [0.05, 0.1) is 12.3 Å². The Kier molecular flexibility index (Phi) is 6.29. The van der Waals surface area contributed by atoms with E-state index in [1.165, 1.54) is 0 Å². The number of amides is 1. The number of hydrogen-bond donors (Lipinski definition) is 1. The second-order valence-corrected chi connectivity index (χ2v) is 7.55. The number of pyridine rings is 1. The number of para-hydroxylation sites is 2. The van der Waals surface area contributed by atoms with E-state index < -0.39 is 0 Å². The predicted molar refractivity (Wildman–Crippen MR) is 131 cm³/mol. The van der Waals surface area contributed by atoms with E-state index in [0.717, 1.165) is 11.1 Å². The van der Waals surface area contributed by atoms with Crippen LogP contribution in [0, 0.1) is 0 Å². The highest BCUT2D eigenvalue weighted by Gasteiger charge is 2.12. The summed E-state index contributed by atoms with van der Waals surface area (Å²) in [7, 11) is 0. The molecular formula is C26H22N6O3. The van der Waals surface area contributed by atoms with E-state index in [2.05, 4.69) is 20.5 Å². The second kappa shape index (κ2) is 10.0. The average molecular weight is 467 g/mol. The maximum Gasteiger partial charge on any atom is 0.262 e. The zero-order valence-electron chi connectivity index (χ0n) is 19.0. The largest absolute Gasteiger partial charge is 0.490 e. The van der Waals surface area contributed by atoms with E-state index in [-0.39, 0.29) is 12.5 Å². The summed E-state index contributed by atoms with van der Waals surface area (Å²) in [6.07, 6.45) is 3.40. The molecule has 0 radical (unpaired) electrons. The van der Waals surface area contributed by atoms with Gasteiger partial charge in [0.1, 0.15) is 0 Å². The number of carbonyl (C=O) groups excluding carboxylic acids is 1. The van der Waals surface area contributed by atoms with Crippen LogP contribution in [-0.2, 0) is 4.79 Å². The Balaban J connectivity index is 1.32. The number of anilines is 1. The van der Waals surface area contributed by atoms with Crippen LogP contribution in [0.2, 0.25) is 0 Å². The minimum absolute atomic E-state index is 0.144. The molecule has 9 heteroatoms. The fourth-order valence-electron chi connectivity index (χ4n) is 3.56. The molecule has 0 fully saturated rings. The lowest BCUT2D eigenvalue weighted by Gasteiger charge is -2.12. The third-order valence-corrected chi connectivity index (χ3v) is 5.15.